The molecule has 5 heterocycles. The molecule has 1 saturated heterocycles. The molecule has 2 aromatic heterocycles. The Kier molecular flexibility index (Phi) is 6.35. The fourth-order valence-corrected chi connectivity index (χ4v) is 5.11. The molecule has 0 spiro atoms. The number of nitrogens with zero attached hydrogens (tertiary/aromatic N) is 5. The Hall–Kier alpha value is -3.93. The topological polar surface area (TPSA) is 128 Å². The van der Waals surface area contributed by atoms with Gasteiger partial charge in [-0.15, -0.1) is 11.3 Å². The lowest BCUT2D eigenvalue weighted by Crippen LogP contribution is -2.55. The Bertz CT molecular complexity index is 1290. The number of aromatic nitrogens is 2. The van der Waals surface area contributed by atoms with E-state index in [0.717, 1.165) is 5.56 Å². The summed E-state index contributed by atoms with van der Waals surface area (Å²) >= 11 is 1.25. The van der Waals surface area contributed by atoms with Crippen molar-refractivity contribution in [1.29, 1.82) is 0 Å². The van der Waals surface area contributed by atoms with Crippen LogP contribution in [0.15, 0.2) is 64.5 Å². The zero-order chi connectivity index (χ0) is 25.4. The number of rotatable bonds is 7. The third-order valence-corrected chi connectivity index (χ3v) is 7.28. The largest absolute Gasteiger partial charge is 0.478 e. The molecule has 0 aromatic carbocycles. The fourth-order valence-electron chi connectivity index (χ4n) is 4.49. The van der Waals surface area contributed by atoms with Gasteiger partial charge < -0.3 is 15.3 Å². The number of amides is 1. The first-order chi connectivity index (χ1) is 17.3. The first-order valence-corrected chi connectivity index (χ1v) is 12.3. The van der Waals surface area contributed by atoms with Crippen LogP contribution in [0.4, 0.5) is 9.52 Å². The third kappa shape index (κ3) is 4.28. The number of pyridine rings is 1. The van der Waals surface area contributed by atoms with Crippen molar-refractivity contribution >= 4 is 40.0 Å². The number of hydrogen-bond donors (Lipinski definition) is 2. The molecule has 1 fully saturated rings. The second kappa shape index (κ2) is 9.61. The van der Waals surface area contributed by atoms with Crippen LogP contribution >= 0.6 is 11.3 Å². The first-order valence-electron chi connectivity index (χ1n) is 11.4. The summed E-state index contributed by atoms with van der Waals surface area (Å²) in [6, 6.07) is 3.78. The van der Waals surface area contributed by atoms with E-state index in [4.69, 9.17) is 0 Å². The molecule has 2 unspecified atom stereocenters. The Morgan fingerprint density at radius 2 is 2.11 bits per heavy atom. The summed E-state index contributed by atoms with van der Waals surface area (Å²) in [7, 11) is 0. The highest BCUT2D eigenvalue weighted by molar-refractivity contribution is 7.13. The van der Waals surface area contributed by atoms with Crippen LogP contribution < -0.4 is 10.2 Å². The maximum absolute atomic E-state index is 15.4. The molecule has 2 N–H and O–H groups in total. The summed E-state index contributed by atoms with van der Waals surface area (Å²) in [6.45, 7) is 2.59. The molecule has 0 bridgehead atoms. The van der Waals surface area contributed by atoms with Crippen molar-refractivity contribution in [2.24, 2.45) is 22.7 Å². The number of likely N-dealkylation sites (tertiary alicyclic amines) is 1. The average molecular weight is 511 g/mol. The highest BCUT2D eigenvalue weighted by atomic mass is 32.1. The van der Waals surface area contributed by atoms with Gasteiger partial charge in [0.25, 0.3) is 0 Å². The zero-order valence-electron chi connectivity index (χ0n) is 19.3. The van der Waals surface area contributed by atoms with E-state index in [1.807, 2.05) is 12.1 Å². The Balaban J connectivity index is 1.31. The molecule has 0 aliphatic carbocycles. The number of halogens is 1. The average Bonchev–Trinajstić information content (AvgIpc) is 3.36. The van der Waals surface area contributed by atoms with E-state index in [9.17, 15) is 19.5 Å². The maximum Gasteiger partial charge on any atom is 0.340 e. The number of hydrogen-bond acceptors (Lipinski definition) is 9. The lowest BCUT2D eigenvalue weighted by atomic mass is 9.80. The van der Waals surface area contributed by atoms with E-state index in [2.05, 4.69) is 20.3 Å². The number of anilines is 1. The van der Waals surface area contributed by atoms with E-state index in [0.29, 0.717) is 18.1 Å². The Morgan fingerprint density at radius 3 is 2.78 bits per heavy atom. The van der Waals surface area contributed by atoms with E-state index in [1.165, 1.54) is 22.4 Å². The molecule has 10 nitrogen and oxygen atoms in total. The predicted molar refractivity (Wildman–Crippen MR) is 130 cm³/mol. The third-order valence-electron chi connectivity index (χ3n) is 6.51. The van der Waals surface area contributed by atoms with Gasteiger partial charge in [-0.05, 0) is 18.1 Å². The summed E-state index contributed by atoms with van der Waals surface area (Å²) in [5, 5.41) is 14.6. The minimum absolute atomic E-state index is 0.0645. The Morgan fingerprint density at radius 1 is 1.31 bits per heavy atom. The molecule has 0 radical (unpaired) electrons. The summed E-state index contributed by atoms with van der Waals surface area (Å²) in [5.41, 5.74) is 0.581. The number of aliphatic imine (C=N–C) groups is 1. The minimum Gasteiger partial charge on any atom is -0.478 e. The fraction of sp³-hybridized carbons (Fsp3) is 0.333. The number of ketones is 1. The van der Waals surface area contributed by atoms with Crippen LogP contribution in [0, 0.1) is 17.8 Å². The molecule has 3 aliphatic rings. The van der Waals surface area contributed by atoms with Crippen molar-refractivity contribution in [3.05, 3.63) is 65.1 Å². The van der Waals surface area contributed by atoms with E-state index >= 15 is 4.39 Å². The second-order valence-corrected chi connectivity index (χ2v) is 9.68. The summed E-state index contributed by atoms with van der Waals surface area (Å²) in [6.07, 6.45) is 6.85. The molecular formula is C24H23FN6O4S. The molecule has 2 atom stereocenters. The number of Topliss-reactive ketones (excluding diaryl/α,β-unsaturated/α-hetero) is 1. The van der Waals surface area contributed by atoms with Gasteiger partial charge in [-0.2, -0.15) is 0 Å². The number of aliphatic carboxylic acids is 1. The number of allylic oxidation sites excluding steroid dienone is 1. The minimum atomic E-state index is -1.39. The summed E-state index contributed by atoms with van der Waals surface area (Å²) in [5.74, 6) is -4.81. The van der Waals surface area contributed by atoms with Gasteiger partial charge in [0.15, 0.2) is 16.7 Å². The van der Waals surface area contributed by atoms with Gasteiger partial charge in [0.1, 0.15) is 17.2 Å². The highest BCUT2D eigenvalue weighted by Gasteiger charge is 2.48. The number of nitrogens with one attached hydrogen (secondary N) is 1. The first kappa shape index (κ1) is 23.8. The molecule has 3 aliphatic heterocycles. The number of amidine groups is 1. The van der Waals surface area contributed by atoms with Crippen molar-refractivity contribution in [1.82, 2.24) is 20.2 Å². The van der Waals surface area contributed by atoms with Crippen molar-refractivity contribution in [3.63, 3.8) is 0 Å². The van der Waals surface area contributed by atoms with Gasteiger partial charge in [0, 0.05) is 55.7 Å². The highest BCUT2D eigenvalue weighted by Crippen LogP contribution is 2.41. The number of thiazole rings is 1. The smallest absolute Gasteiger partial charge is 0.340 e. The molecule has 5 rings (SSSR count). The number of fused-ring (bicyclic) bond motifs is 1. The summed E-state index contributed by atoms with van der Waals surface area (Å²) in [4.78, 5) is 53.1. The van der Waals surface area contributed by atoms with E-state index in [1.54, 1.807) is 35.8 Å². The van der Waals surface area contributed by atoms with Crippen LogP contribution in [-0.2, 0) is 20.8 Å². The molecule has 186 valence electrons. The second-order valence-electron chi connectivity index (χ2n) is 8.81. The normalized spacial score (nSPS) is 22.0. The van der Waals surface area contributed by atoms with Crippen LogP contribution in [0.1, 0.15) is 12.5 Å². The molecule has 2 aromatic rings. The van der Waals surface area contributed by atoms with Crippen LogP contribution in [-0.4, -0.2) is 63.1 Å². The number of carboxylic acids is 1. The van der Waals surface area contributed by atoms with Crippen LogP contribution in [0.5, 0.6) is 0 Å². The SMILES string of the molecule is CC1C(F)=C(N2CC(C(=O)NCCc3cccnc3)C2)N=C2C1C(=O)C(C(=O)O)=CN2c1nccs1. The quantitative estimate of drug-likeness (QED) is 0.542. The summed E-state index contributed by atoms with van der Waals surface area (Å²) < 4.78 is 15.4. The molecule has 0 saturated carbocycles. The van der Waals surface area contributed by atoms with Gasteiger partial charge in [-0.25, -0.2) is 19.2 Å². The van der Waals surface area contributed by atoms with Crippen molar-refractivity contribution in [2.75, 3.05) is 24.5 Å². The van der Waals surface area contributed by atoms with Crippen molar-refractivity contribution < 1.29 is 23.9 Å². The lowest BCUT2D eigenvalue weighted by Gasteiger charge is -2.43. The molecule has 12 heteroatoms. The monoisotopic (exact) mass is 510 g/mol. The standard InChI is InChI=1S/C24H23FN6O4S/c1-13-17-19(32)16(23(34)35)12-31(24-28-7-8-36-24)20(17)29-21(18(13)25)30-10-15(11-30)22(33)27-6-4-14-3-2-5-26-9-14/h2-3,5,7-9,12-13,15,17H,4,6,10-11H2,1H3,(H,27,33)(H,34,35). The van der Waals surface area contributed by atoms with Gasteiger partial charge in [0.2, 0.25) is 5.91 Å². The van der Waals surface area contributed by atoms with Crippen LogP contribution in [0.25, 0.3) is 0 Å². The van der Waals surface area contributed by atoms with Crippen molar-refractivity contribution in [2.45, 2.75) is 13.3 Å². The van der Waals surface area contributed by atoms with Gasteiger partial charge in [-0.1, -0.05) is 13.0 Å². The zero-order valence-corrected chi connectivity index (χ0v) is 20.1. The molecule has 36 heavy (non-hydrogen) atoms. The van der Waals surface area contributed by atoms with Gasteiger partial charge >= 0.3 is 5.97 Å². The predicted octanol–water partition coefficient (Wildman–Crippen LogP) is 1.99. The van der Waals surface area contributed by atoms with E-state index in [-0.39, 0.29) is 36.6 Å². The van der Waals surface area contributed by atoms with Crippen LogP contribution in [0.3, 0.4) is 0 Å². The molecule has 1 amide bonds. The van der Waals surface area contributed by atoms with E-state index < -0.39 is 35.0 Å². The number of carbonyl (C=O) groups is 3. The van der Waals surface area contributed by atoms with Gasteiger partial charge in [-0.3, -0.25) is 19.5 Å². The lowest BCUT2D eigenvalue weighted by molar-refractivity contribution is -0.135. The van der Waals surface area contributed by atoms with Crippen molar-refractivity contribution in [3.8, 4) is 0 Å². The Labute approximate surface area is 209 Å². The van der Waals surface area contributed by atoms with Crippen LogP contribution in [0.2, 0.25) is 0 Å². The molecular weight excluding hydrogens is 487 g/mol. The maximum atomic E-state index is 15.4. The number of carbonyl (C=O) groups excluding carboxylic acids is 2. The van der Waals surface area contributed by atoms with Gasteiger partial charge in [0.05, 0.1) is 11.8 Å². The number of carboxylic acid groups (broad SMARTS) is 1.